The number of rotatable bonds is 5. The van der Waals surface area contributed by atoms with Crippen LogP contribution in [0, 0.1) is 5.92 Å². The molecule has 7 nitrogen and oxygen atoms in total. The highest BCUT2D eigenvalue weighted by Crippen LogP contribution is 2.38. The number of hydrogen-bond acceptors (Lipinski definition) is 5. The van der Waals surface area contributed by atoms with Gasteiger partial charge in [-0.1, -0.05) is 50.1 Å². The average Bonchev–Trinajstić information content (AvgIpc) is 2.88. The summed E-state index contributed by atoms with van der Waals surface area (Å²) in [7, 11) is 0. The summed E-state index contributed by atoms with van der Waals surface area (Å²) in [5, 5.41) is 2.78. The number of amides is 3. The lowest BCUT2D eigenvalue weighted by molar-refractivity contribution is -0.147. The maximum absolute atomic E-state index is 12.8. The van der Waals surface area contributed by atoms with Gasteiger partial charge in [0.2, 0.25) is 0 Å². The molecule has 2 fully saturated rings. The first kappa shape index (κ1) is 18.1. The van der Waals surface area contributed by atoms with E-state index in [1.807, 2.05) is 6.92 Å². The van der Waals surface area contributed by atoms with Gasteiger partial charge in [-0.25, -0.2) is 4.79 Å². The molecule has 1 aromatic rings. The van der Waals surface area contributed by atoms with E-state index in [4.69, 9.17) is 4.74 Å². The number of carbonyl (C=O) groups excluding carboxylic acids is 4. The van der Waals surface area contributed by atoms with Crippen molar-refractivity contribution in [1.82, 2.24) is 10.2 Å². The Balaban J connectivity index is 1.58. The molecule has 7 heteroatoms. The second kappa shape index (κ2) is 7.27. The first-order valence-corrected chi connectivity index (χ1v) is 8.82. The first-order valence-electron chi connectivity index (χ1n) is 8.82. The van der Waals surface area contributed by atoms with Gasteiger partial charge in [0.05, 0.1) is 0 Å². The fourth-order valence-corrected chi connectivity index (χ4v) is 3.67. The van der Waals surface area contributed by atoms with Crippen molar-refractivity contribution >= 4 is 23.7 Å². The van der Waals surface area contributed by atoms with Gasteiger partial charge in [0.1, 0.15) is 12.1 Å². The second-order valence-electron chi connectivity index (χ2n) is 6.89. The van der Waals surface area contributed by atoms with E-state index in [1.165, 1.54) is 0 Å². The highest BCUT2D eigenvalue weighted by Gasteiger charge is 2.55. The molecule has 2 aliphatic rings. The fraction of sp³-hybridized carbons (Fsp3) is 0.474. The quantitative estimate of drug-likeness (QED) is 0.493. The molecule has 1 aromatic carbocycles. The van der Waals surface area contributed by atoms with Crippen LogP contribution in [0.5, 0.6) is 0 Å². The summed E-state index contributed by atoms with van der Waals surface area (Å²) in [4.78, 5) is 49.9. The van der Waals surface area contributed by atoms with E-state index >= 15 is 0 Å². The Morgan fingerprint density at radius 1 is 1.23 bits per heavy atom. The zero-order valence-corrected chi connectivity index (χ0v) is 14.7. The van der Waals surface area contributed by atoms with Crippen LogP contribution in [0.2, 0.25) is 0 Å². The van der Waals surface area contributed by atoms with E-state index in [-0.39, 0.29) is 17.6 Å². The van der Waals surface area contributed by atoms with Gasteiger partial charge in [-0.3, -0.25) is 19.3 Å². The standard InChI is InChI=1S/C19H22N2O5/c1-13-7-5-6-10-19(13)17(24)21(18(25)20-19)11-16(23)26-12-15(22)14-8-3-2-4-9-14/h2-4,8-9,13H,5-7,10-12H2,1H3,(H,20,25)/t13-,19+/m1/s1. The lowest BCUT2D eigenvalue weighted by atomic mass is 9.73. The van der Waals surface area contributed by atoms with E-state index in [1.54, 1.807) is 30.3 Å². The third kappa shape index (κ3) is 3.34. The number of ketones is 1. The number of carbonyl (C=O) groups is 4. The molecular weight excluding hydrogens is 336 g/mol. The highest BCUT2D eigenvalue weighted by atomic mass is 16.5. The van der Waals surface area contributed by atoms with Crippen LogP contribution >= 0.6 is 0 Å². The number of urea groups is 1. The van der Waals surface area contributed by atoms with E-state index < -0.39 is 30.7 Å². The van der Waals surface area contributed by atoms with E-state index in [9.17, 15) is 19.2 Å². The van der Waals surface area contributed by atoms with Crippen molar-refractivity contribution in [3.63, 3.8) is 0 Å². The van der Waals surface area contributed by atoms with Crippen molar-refractivity contribution in [1.29, 1.82) is 0 Å². The summed E-state index contributed by atoms with van der Waals surface area (Å²) in [5.74, 6) is -1.47. The molecule has 0 unspecified atom stereocenters. The Labute approximate surface area is 151 Å². The van der Waals surface area contributed by atoms with Crippen LogP contribution in [0.3, 0.4) is 0 Å². The maximum atomic E-state index is 12.8. The van der Waals surface area contributed by atoms with Crippen LogP contribution in [0.1, 0.15) is 43.0 Å². The molecule has 1 aliphatic heterocycles. The Morgan fingerprint density at radius 2 is 1.96 bits per heavy atom. The molecule has 0 radical (unpaired) electrons. The van der Waals surface area contributed by atoms with Crippen molar-refractivity contribution in [3.05, 3.63) is 35.9 Å². The van der Waals surface area contributed by atoms with Gasteiger partial charge in [0.15, 0.2) is 12.4 Å². The summed E-state index contributed by atoms with van der Waals surface area (Å²) >= 11 is 0. The van der Waals surface area contributed by atoms with Crippen LogP contribution in [0.15, 0.2) is 30.3 Å². The summed E-state index contributed by atoms with van der Waals surface area (Å²) in [6.45, 7) is 1.03. The topological polar surface area (TPSA) is 92.8 Å². The van der Waals surface area contributed by atoms with Crippen LogP contribution in [-0.4, -0.2) is 47.3 Å². The molecule has 0 bridgehead atoms. The first-order chi connectivity index (χ1) is 12.4. The van der Waals surface area contributed by atoms with Crippen LogP contribution in [0.4, 0.5) is 4.79 Å². The van der Waals surface area contributed by atoms with Crippen molar-refractivity contribution in [2.75, 3.05) is 13.2 Å². The van der Waals surface area contributed by atoms with E-state index in [0.717, 1.165) is 24.2 Å². The second-order valence-corrected chi connectivity index (χ2v) is 6.89. The lowest BCUT2D eigenvalue weighted by Crippen LogP contribution is -2.54. The Hall–Kier alpha value is -2.70. The van der Waals surface area contributed by atoms with Crippen LogP contribution < -0.4 is 5.32 Å². The monoisotopic (exact) mass is 358 g/mol. The number of ether oxygens (including phenoxy) is 1. The smallest absolute Gasteiger partial charge is 0.326 e. The Bertz CT molecular complexity index is 733. The Morgan fingerprint density at radius 3 is 2.65 bits per heavy atom. The molecule has 1 aliphatic carbocycles. The van der Waals surface area contributed by atoms with Crippen LogP contribution in [0.25, 0.3) is 0 Å². The van der Waals surface area contributed by atoms with Gasteiger partial charge >= 0.3 is 12.0 Å². The van der Waals surface area contributed by atoms with Crippen molar-refractivity contribution in [2.24, 2.45) is 5.92 Å². The van der Waals surface area contributed by atoms with E-state index in [2.05, 4.69) is 5.32 Å². The number of esters is 1. The summed E-state index contributed by atoms with van der Waals surface area (Å²) in [6.07, 6.45) is 3.32. The number of Topliss-reactive ketones (excluding diaryl/α,β-unsaturated/α-hetero) is 1. The summed E-state index contributed by atoms with van der Waals surface area (Å²) < 4.78 is 4.96. The fourth-order valence-electron chi connectivity index (χ4n) is 3.67. The zero-order chi connectivity index (χ0) is 18.7. The minimum atomic E-state index is -0.907. The molecule has 1 spiro atoms. The minimum Gasteiger partial charge on any atom is -0.456 e. The molecule has 1 N–H and O–H groups in total. The van der Waals surface area contributed by atoms with Crippen molar-refractivity contribution in [2.45, 2.75) is 38.1 Å². The molecule has 0 aromatic heterocycles. The number of imide groups is 1. The van der Waals surface area contributed by atoms with Crippen molar-refractivity contribution in [3.8, 4) is 0 Å². The minimum absolute atomic E-state index is 0.0216. The average molecular weight is 358 g/mol. The molecule has 3 rings (SSSR count). The highest BCUT2D eigenvalue weighted by molar-refractivity contribution is 6.09. The lowest BCUT2D eigenvalue weighted by Gasteiger charge is -2.36. The number of nitrogens with one attached hydrogen (secondary N) is 1. The van der Waals surface area contributed by atoms with Crippen LogP contribution in [-0.2, 0) is 14.3 Å². The summed E-state index contributed by atoms with van der Waals surface area (Å²) in [5.41, 5.74) is -0.472. The SMILES string of the molecule is C[C@@H]1CCCC[C@]12NC(=O)N(CC(=O)OCC(=O)c1ccccc1)C2=O. The Kier molecular flexibility index (Phi) is 5.06. The normalized spacial score (nSPS) is 25.3. The van der Waals surface area contributed by atoms with Gasteiger partial charge in [-0.15, -0.1) is 0 Å². The number of nitrogens with zero attached hydrogens (tertiary/aromatic N) is 1. The van der Waals surface area contributed by atoms with Gasteiger partial charge in [0.25, 0.3) is 5.91 Å². The molecule has 138 valence electrons. The molecule has 1 heterocycles. The van der Waals surface area contributed by atoms with Gasteiger partial charge in [-0.05, 0) is 18.8 Å². The number of hydrogen-bond donors (Lipinski definition) is 1. The number of benzene rings is 1. The van der Waals surface area contributed by atoms with Gasteiger partial charge < -0.3 is 10.1 Å². The molecule has 26 heavy (non-hydrogen) atoms. The molecule has 2 atom stereocenters. The van der Waals surface area contributed by atoms with E-state index in [0.29, 0.717) is 12.0 Å². The predicted octanol–water partition coefficient (Wildman–Crippen LogP) is 1.91. The summed E-state index contributed by atoms with van der Waals surface area (Å²) in [6, 6.07) is 7.89. The molecule has 1 saturated heterocycles. The van der Waals surface area contributed by atoms with Gasteiger partial charge in [0, 0.05) is 5.56 Å². The molecular formula is C19H22N2O5. The molecule has 1 saturated carbocycles. The maximum Gasteiger partial charge on any atom is 0.326 e. The molecule has 3 amide bonds. The third-order valence-electron chi connectivity index (χ3n) is 5.25. The predicted molar refractivity (Wildman–Crippen MR) is 92.3 cm³/mol. The van der Waals surface area contributed by atoms with Gasteiger partial charge in [-0.2, -0.15) is 0 Å². The van der Waals surface area contributed by atoms with Crippen molar-refractivity contribution < 1.29 is 23.9 Å². The largest absolute Gasteiger partial charge is 0.456 e. The zero-order valence-electron chi connectivity index (χ0n) is 14.7. The third-order valence-corrected chi connectivity index (χ3v) is 5.25.